The van der Waals surface area contributed by atoms with E-state index >= 15 is 0 Å². The van der Waals surface area contributed by atoms with Crippen molar-refractivity contribution in [3.63, 3.8) is 0 Å². The summed E-state index contributed by atoms with van der Waals surface area (Å²) in [5.41, 5.74) is 0.487. The van der Waals surface area contributed by atoms with Gasteiger partial charge in [-0.1, -0.05) is 6.07 Å². The number of nitrogens with two attached hydrogens (primary N) is 1. The van der Waals surface area contributed by atoms with Crippen LogP contribution in [0.4, 0.5) is 5.69 Å². The van der Waals surface area contributed by atoms with Crippen LogP contribution >= 0.6 is 0 Å². The third-order valence-electron chi connectivity index (χ3n) is 2.60. The van der Waals surface area contributed by atoms with Crippen LogP contribution < -0.4 is 5.84 Å². The molecule has 1 aliphatic rings. The molecular formula is C10H13N5O3. The fourth-order valence-electron chi connectivity index (χ4n) is 1.68. The first-order valence-corrected chi connectivity index (χ1v) is 5.54. The predicted molar refractivity (Wildman–Crippen MR) is 63.5 cm³/mol. The maximum absolute atomic E-state index is 10.4. The smallest absolute Gasteiger partial charge is 0.269 e. The van der Waals surface area contributed by atoms with Gasteiger partial charge in [-0.3, -0.25) is 16.0 Å². The van der Waals surface area contributed by atoms with Gasteiger partial charge >= 0.3 is 5.69 Å². The van der Waals surface area contributed by atoms with E-state index in [-0.39, 0.29) is 11.2 Å². The molecular weight excluding hydrogens is 238 g/mol. The lowest BCUT2D eigenvalue weighted by molar-refractivity contribution is -0.383. The van der Waals surface area contributed by atoms with Crippen molar-refractivity contribution < 1.29 is 9.55 Å². The van der Waals surface area contributed by atoms with Gasteiger partial charge < -0.3 is 0 Å². The zero-order valence-electron chi connectivity index (χ0n) is 9.65. The van der Waals surface area contributed by atoms with E-state index in [4.69, 9.17) is 5.84 Å². The minimum Gasteiger partial charge on any atom is -0.269 e. The van der Waals surface area contributed by atoms with Crippen LogP contribution in [0, 0.1) is 10.1 Å². The van der Waals surface area contributed by atoms with Gasteiger partial charge in [-0.05, 0) is 29.2 Å². The minimum absolute atomic E-state index is 0.0891. The lowest BCUT2D eigenvalue weighted by atomic mass is 10.3. The maximum atomic E-state index is 10.4. The zero-order valence-corrected chi connectivity index (χ0v) is 9.65. The molecule has 0 saturated carbocycles. The first-order chi connectivity index (χ1) is 8.68. The highest BCUT2D eigenvalue weighted by atomic mass is 16.6. The highest BCUT2D eigenvalue weighted by Gasteiger charge is 2.14. The van der Waals surface area contributed by atoms with Crippen molar-refractivity contribution in [2.75, 3.05) is 13.1 Å². The van der Waals surface area contributed by atoms with Crippen molar-refractivity contribution >= 4 is 16.7 Å². The second kappa shape index (κ2) is 5.52. The number of aromatic nitrogens is 2. The van der Waals surface area contributed by atoms with Crippen molar-refractivity contribution in [3.8, 4) is 0 Å². The average Bonchev–Trinajstić information content (AvgIpc) is 2.99. The number of nitro benzene ring substituents is 1. The molecule has 2 heterocycles. The Kier molecular flexibility index (Phi) is 3.80. The Balaban J connectivity index is 0.000000169. The average molecular weight is 251 g/mol. The van der Waals surface area contributed by atoms with Gasteiger partial charge in [-0.25, -0.2) is 9.64 Å². The molecule has 18 heavy (non-hydrogen) atoms. The number of fused-ring (bicyclic) bond motifs is 1. The Hall–Kier alpha value is -2.06. The first kappa shape index (κ1) is 12.4. The van der Waals surface area contributed by atoms with E-state index < -0.39 is 4.92 Å². The number of rotatable bonds is 1. The molecule has 0 amide bonds. The molecule has 1 aromatic heterocycles. The second-order valence-electron chi connectivity index (χ2n) is 3.91. The number of nitro groups is 1. The summed E-state index contributed by atoms with van der Waals surface area (Å²) in [6, 6.07) is 4.48. The predicted octanol–water partition coefficient (Wildman–Crippen LogP) is 1.09. The van der Waals surface area contributed by atoms with Gasteiger partial charge in [0.2, 0.25) is 5.52 Å². The molecule has 1 aliphatic heterocycles. The summed E-state index contributed by atoms with van der Waals surface area (Å²) in [5, 5.41) is 19.2. The molecule has 3 rings (SSSR count). The van der Waals surface area contributed by atoms with Crippen LogP contribution in [0.3, 0.4) is 0 Å². The van der Waals surface area contributed by atoms with Gasteiger partial charge in [-0.15, -0.1) is 0 Å². The van der Waals surface area contributed by atoms with Gasteiger partial charge in [0.05, 0.1) is 4.92 Å². The van der Waals surface area contributed by atoms with Crippen molar-refractivity contribution in [1.29, 1.82) is 0 Å². The van der Waals surface area contributed by atoms with E-state index in [2.05, 4.69) is 14.9 Å². The minimum atomic E-state index is -0.521. The molecule has 1 fully saturated rings. The van der Waals surface area contributed by atoms with Crippen LogP contribution in [-0.4, -0.2) is 33.3 Å². The molecule has 2 aromatic rings. The summed E-state index contributed by atoms with van der Waals surface area (Å²) in [6.45, 7) is 2.19. The van der Waals surface area contributed by atoms with Crippen LogP contribution in [0.5, 0.6) is 0 Å². The van der Waals surface area contributed by atoms with E-state index in [0.29, 0.717) is 5.52 Å². The van der Waals surface area contributed by atoms with Crippen LogP contribution in [0.1, 0.15) is 12.8 Å². The summed E-state index contributed by atoms with van der Waals surface area (Å²) >= 11 is 0. The molecule has 0 spiro atoms. The maximum Gasteiger partial charge on any atom is 0.300 e. The third kappa shape index (κ3) is 2.79. The fourth-order valence-corrected chi connectivity index (χ4v) is 1.68. The number of hydrogen-bond acceptors (Lipinski definition) is 7. The van der Waals surface area contributed by atoms with E-state index in [0.717, 1.165) is 13.1 Å². The zero-order chi connectivity index (χ0) is 13.0. The molecule has 8 heteroatoms. The monoisotopic (exact) mass is 251 g/mol. The molecule has 0 atom stereocenters. The van der Waals surface area contributed by atoms with Crippen molar-refractivity contribution in [1.82, 2.24) is 15.3 Å². The largest absolute Gasteiger partial charge is 0.300 e. The number of hydrazine groups is 1. The molecule has 0 aliphatic carbocycles. The van der Waals surface area contributed by atoms with E-state index in [9.17, 15) is 10.1 Å². The Morgan fingerprint density at radius 3 is 2.61 bits per heavy atom. The summed E-state index contributed by atoms with van der Waals surface area (Å²) in [5.74, 6) is 5.37. The first-order valence-electron chi connectivity index (χ1n) is 5.54. The van der Waals surface area contributed by atoms with E-state index in [1.54, 1.807) is 6.07 Å². The van der Waals surface area contributed by atoms with Crippen LogP contribution in [0.2, 0.25) is 0 Å². The van der Waals surface area contributed by atoms with Crippen LogP contribution in [0.15, 0.2) is 22.8 Å². The number of hydrogen-bond donors (Lipinski definition) is 1. The molecule has 2 N–H and O–H groups in total. The van der Waals surface area contributed by atoms with Crippen LogP contribution in [0.25, 0.3) is 11.0 Å². The quantitative estimate of drug-likeness (QED) is 0.458. The van der Waals surface area contributed by atoms with Gasteiger partial charge in [0.15, 0.2) is 0 Å². The summed E-state index contributed by atoms with van der Waals surface area (Å²) in [7, 11) is 0. The Morgan fingerprint density at radius 1 is 1.33 bits per heavy atom. The fraction of sp³-hybridized carbons (Fsp3) is 0.400. The molecule has 96 valence electrons. The molecule has 1 aromatic carbocycles. The molecule has 8 nitrogen and oxygen atoms in total. The Labute approximate surface area is 102 Å². The van der Waals surface area contributed by atoms with Gasteiger partial charge in [0, 0.05) is 19.2 Å². The lowest BCUT2D eigenvalue weighted by Gasteiger charge is -2.01. The topological polar surface area (TPSA) is 111 Å². The number of benzene rings is 1. The highest BCUT2D eigenvalue weighted by molar-refractivity contribution is 5.82. The number of non-ortho nitro benzene ring substituents is 1. The Morgan fingerprint density at radius 2 is 2.06 bits per heavy atom. The summed E-state index contributed by atoms with van der Waals surface area (Å²) in [4.78, 5) is 9.89. The molecule has 0 bridgehead atoms. The lowest BCUT2D eigenvalue weighted by Crippen LogP contribution is -2.26. The molecule has 0 radical (unpaired) electrons. The van der Waals surface area contributed by atoms with Gasteiger partial charge in [0.1, 0.15) is 5.52 Å². The summed E-state index contributed by atoms with van der Waals surface area (Å²) < 4.78 is 4.35. The van der Waals surface area contributed by atoms with Gasteiger partial charge in [0.25, 0.3) is 0 Å². The SMILES string of the molecule is NN1CCCC1.O=[N+]([O-])c1cccc2nonc12. The Bertz CT molecular complexity index is 535. The molecule has 0 unspecified atom stereocenters. The second-order valence-corrected chi connectivity index (χ2v) is 3.91. The standard InChI is InChI=1S/C6H3N3O3.C4H10N2/c10-9(11)5-3-1-2-4-6(5)8-12-7-4;5-6-3-1-2-4-6/h1-3H;1-5H2. The third-order valence-corrected chi connectivity index (χ3v) is 2.60. The van der Waals surface area contributed by atoms with Crippen molar-refractivity contribution in [2.45, 2.75) is 12.8 Å². The van der Waals surface area contributed by atoms with E-state index in [1.807, 2.05) is 5.01 Å². The normalized spacial score (nSPS) is 15.4. The van der Waals surface area contributed by atoms with Crippen molar-refractivity contribution in [2.24, 2.45) is 5.84 Å². The highest BCUT2D eigenvalue weighted by Crippen LogP contribution is 2.21. The van der Waals surface area contributed by atoms with E-state index in [1.165, 1.54) is 25.0 Å². The molecule has 1 saturated heterocycles. The van der Waals surface area contributed by atoms with Crippen LogP contribution in [-0.2, 0) is 0 Å². The van der Waals surface area contributed by atoms with Gasteiger partial charge in [-0.2, -0.15) is 0 Å². The summed E-state index contributed by atoms with van der Waals surface area (Å²) in [6.07, 6.45) is 2.58. The number of nitrogens with zero attached hydrogens (tertiary/aromatic N) is 4. The van der Waals surface area contributed by atoms with Crippen molar-refractivity contribution in [3.05, 3.63) is 28.3 Å².